The van der Waals surface area contributed by atoms with Crippen LogP contribution in [0.1, 0.15) is 341 Å². The van der Waals surface area contributed by atoms with Crippen LogP contribution < -0.4 is 5.32 Å². The summed E-state index contributed by atoms with van der Waals surface area (Å²) in [5.41, 5.74) is 0. The van der Waals surface area contributed by atoms with Gasteiger partial charge in [0.05, 0.1) is 18.8 Å². The Labute approximate surface area is 493 Å². The number of rotatable bonds is 63. The van der Waals surface area contributed by atoms with E-state index in [1.165, 1.54) is 244 Å². The minimum atomic E-state index is -0.870. The molecule has 0 rings (SSSR count). The molecule has 0 aliphatic rings. The predicted octanol–water partition coefficient (Wildman–Crippen LogP) is 23.8. The maximum atomic E-state index is 12.5. The maximum absolute atomic E-state index is 12.5. The van der Waals surface area contributed by atoms with E-state index in [1.54, 1.807) is 6.08 Å². The van der Waals surface area contributed by atoms with Gasteiger partial charge in [-0.25, -0.2) is 0 Å². The zero-order valence-corrected chi connectivity index (χ0v) is 52.6. The molecule has 2 atom stereocenters. The summed E-state index contributed by atoms with van der Waals surface area (Å²) >= 11 is 0. The lowest BCUT2D eigenvalue weighted by atomic mass is 10.0. The maximum Gasteiger partial charge on any atom is 0.220 e. The van der Waals surface area contributed by atoms with Crippen LogP contribution in [0.5, 0.6) is 0 Å². The number of carbonyl (C=O) groups excluding carboxylic acids is 1. The van der Waals surface area contributed by atoms with Gasteiger partial charge in [0.1, 0.15) is 0 Å². The minimum Gasteiger partial charge on any atom is -0.394 e. The molecule has 0 spiro atoms. The number of carbonyl (C=O) groups is 1. The van der Waals surface area contributed by atoms with E-state index in [2.05, 4.69) is 116 Å². The van der Waals surface area contributed by atoms with Crippen LogP contribution in [0.15, 0.2) is 109 Å². The van der Waals surface area contributed by atoms with Crippen LogP contribution in [0.4, 0.5) is 0 Å². The Kier molecular flexibility index (Phi) is 66.7. The van der Waals surface area contributed by atoms with Gasteiger partial charge in [0.15, 0.2) is 0 Å². The molecular formula is C75H133NO3. The van der Waals surface area contributed by atoms with Crippen LogP contribution >= 0.6 is 0 Å². The summed E-state index contributed by atoms with van der Waals surface area (Å²) in [6.45, 7) is 4.21. The smallest absolute Gasteiger partial charge is 0.220 e. The molecule has 0 saturated heterocycles. The second kappa shape index (κ2) is 69.3. The van der Waals surface area contributed by atoms with Crippen molar-refractivity contribution < 1.29 is 15.0 Å². The van der Waals surface area contributed by atoms with Gasteiger partial charge in [-0.2, -0.15) is 0 Å². The van der Waals surface area contributed by atoms with E-state index in [0.29, 0.717) is 6.42 Å². The molecule has 4 heteroatoms. The molecule has 4 nitrogen and oxygen atoms in total. The summed E-state index contributed by atoms with van der Waals surface area (Å²) in [6.07, 6.45) is 105. The SMILES string of the molecule is CC/C=C\C/C=C\C/C=C\C/C=C\C/C=C\C/C=C\C/C=C\CCCCCCCCCCCCCCCCCC(=O)NC(CO)C(O)/C=C/CC/C=C/CCCCCCCCCCCCCCCCCCCCCCCCCC. The van der Waals surface area contributed by atoms with E-state index < -0.39 is 12.1 Å². The van der Waals surface area contributed by atoms with Crippen LogP contribution in [-0.2, 0) is 4.79 Å². The van der Waals surface area contributed by atoms with Gasteiger partial charge in [0.25, 0.3) is 0 Å². The van der Waals surface area contributed by atoms with Crippen molar-refractivity contribution in [3.05, 3.63) is 109 Å². The topological polar surface area (TPSA) is 69.6 Å². The van der Waals surface area contributed by atoms with Gasteiger partial charge in [0, 0.05) is 6.42 Å². The predicted molar refractivity (Wildman–Crippen MR) is 354 cm³/mol. The first-order chi connectivity index (χ1) is 39.2. The highest BCUT2D eigenvalue weighted by Gasteiger charge is 2.18. The third-order valence-corrected chi connectivity index (χ3v) is 15.5. The highest BCUT2D eigenvalue weighted by molar-refractivity contribution is 5.76. The van der Waals surface area contributed by atoms with Gasteiger partial charge >= 0.3 is 0 Å². The van der Waals surface area contributed by atoms with Crippen LogP contribution in [0.25, 0.3) is 0 Å². The number of aliphatic hydroxyl groups is 2. The van der Waals surface area contributed by atoms with E-state index in [0.717, 1.165) is 77.0 Å². The standard InChI is InChI=1S/C75H133NO3/c1-3-5-7-9-11-13-15-17-19-21-23-25-27-29-31-33-35-36-37-38-39-40-41-43-45-47-49-51-53-55-57-59-61-63-65-67-69-71-75(79)76-73(72-77)74(78)70-68-66-64-62-60-58-56-54-52-50-48-46-44-42-34-32-30-28-26-24-22-20-18-16-14-12-10-8-6-4-2/h5,7,11,13,17,19,23,25,29,31,35-36,38-39,60,62,68,70,73-74,77-78H,3-4,6,8-10,12,14-16,18,20-22,24,26-28,30,32-34,37,40-59,61,63-67,69,71-72H2,1-2H3,(H,76,79)/b7-5-,13-11-,19-17-,25-23-,31-29-,36-35-,39-38-,62-60+,70-68+. The highest BCUT2D eigenvalue weighted by Crippen LogP contribution is 2.18. The number of aliphatic hydroxyl groups excluding tert-OH is 2. The summed E-state index contributed by atoms with van der Waals surface area (Å²) in [7, 11) is 0. The van der Waals surface area contributed by atoms with Crippen molar-refractivity contribution in [1.82, 2.24) is 5.32 Å². The Bertz CT molecular complexity index is 1480. The fourth-order valence-corrected chi connectivity index (χ4v) is 10.3. The molecule has 0 aromatic carbocycles. The number of nitrogens with one attached hydrogen (secondary N) is 1. The lowest BCUT2D eigenvalue weighted by Gasteiger charge is -2.19. The molecular weight excluding hydrogens is 963 g/mol. The fraction of sp³-hybridized carbons (Fsp3) is 0.747. The quantitative estimate of drug-likeness (QED) is 0.0420. The van der Waals surface area contributed by atoms with Crippen LogP contribution in [0, 0.1) is 0 Å². The van der Waals surface area contributed by atoms with Crippen molar-refractivity contribution >= 4 is 5.91 Å². The molecule has 0 saturated carbocycles. The molecule has 0 aromatic heterocycles. The monoisotopic (exact) mass is 1100 g/mol. The average molecular weight is 1100 g/mol. The summed E-state index contributed by atoms with van der Waals surface area (Å²) in [4.78, 5) is 12.5. The lowest BCUT2D eigenvalue weighted by molar-refractivity contribution is -0.123. The molecule has 0 aliphatic heterocycles. The van der Waals surface area contributed by atoms with Crippen LogP contribution in [-0.4, -0.2) is 34.9 Å². The van der Waals surface area contributed by atoms with E-state index in [-0.39, 0.29) is 12.5 Å². The number of hydrogen-bond donors (Lipinski definition) is 3. The van der Waals surface area contributed by atoms with Gasteiger partial charge in [0.2, 0.25) is 5.91 Å². The summed E-state index contributed by atoms with van der Waals surface area (Å²) in [5.74, 6) is -0.0734. The molecule has 0 fully saturated rings. The summed E-state index contributed by atoms with van der Waals surface area (Å²) < 4.78 is 0. The van der Waals surface area contributed by atoms with Crippen molar-refractivity contribution in [3.63, 3.8) is 0 Å². The minimum absolute atomic E-state index is 0.0734. The molecule has 0 heterocycles. The molecule has 456 valence electrons. The normalized spacial score (nSPS) is 13.4. The molecule has 0 bridgehead atoms. The van der Waals surface area contributed by atoms with Crippen LogP contribution in [0.3, 0.4) is 0 Å². The Morgan fingerprint density at radius 3 is 0.886 bits per heavy atom. The molecule has 0 radical (unpaired) electrons. The average Bonchev–Trinajstić information content (AvgIpc) is 3.45. The Hall–Kier alpha value is -2.95. The molecule has 2 unspecified atom stereocenters. The number of unbranched alkanes of at least 4 members (excludes halogenated alkanes) is 40. The first kappa shape index (κ1) is 76.0. The van der Waals surface area contributed by atoms with Gasteiger partial charge in [-0.3, -0.25) is 4.79 Å². The second-order valence-electron chi connectivity index (χ2n) is 23.2. The second-order valence-corrected chi connectivity index (χ2v) is 23.2. The van der Waals surface area contributed by atoms with Crippen LogP contribution in [0.2, 0.25) is 0 Å². The van der Waals surface area contributed by atoms with Crippen molar-refractivity contribution in [2.45, 2.75) is 353 Å². The Balaban J connectivity index is 3.52. The molecule has 0 aliphatic carbocycles. The van der Waals surface area contributed by atoms with Crippen molar-refractivity contribution in [2.75, 3.05) is 6.61 Å². The van der Waals surface area contributed by atoms with E-state index in [1.807, 2.05) is 6.08 Å². The van der Waals surface area contributed by atoms with Crippen molar-refractivity contribution in [3.8, 4) is 0 Å². The molecule has 79 heavy (non-hydrogen) atoms. The van der Waals surface area contributed by atoms with E-state index in [9.17, 15) is 15.0 Å². The van der Waals surface area contributed by atoms with Gasteiger partial charge in [-0.1, -0.05) is 354 Å². The number of amides is 1. The van der Waals surface area contributed by atoms with Gasteiger partial charge in [-0.05, 0) is 89.9 Å². The zero-order chi connectivity index (χ0) is 56.9. The Morgan fingerprint density at radius 2 is 0.570 bits per heavy atom. The first-order valence-corrected chi connectivity index (χ1v) is 34.6. The molecule has 0 aromatic rings. The number of allylic oxidation sites excluding steroid dienone is 17. The third-order valence-electron chi connectivity index (χ3n) is 15.5. The van der Waals surface area contributed by atoms with E-state index >= 15 is 0 Å². The fourth-order valence-electron chi connectivity index (χ4n) is 10.3. The first-order valence-electron chi connectivity index (χ1n) is 34.6. The van der Waals surface area contributed by atoms with Crippen molar-refractivity contribution in [1.29, 1.82) is 0 Å². The number of hydrogen-bond acceptors (Lipinski definition) is 3. The summed E-state index contributed by atoms with van der Waals surface area (Å²) in [6, 6.07) is -0.647. The largest absolute Gasteiger partial charge is 0.394 e. The molecule has 3 N–H and O–H groups in total. The van der Waals surface area contributed by atoms with Gasteiger partial charge in [-0.15, -0.1) is 0 Å². The Morgan fingerprint density at radius 1 is 0.316 bits per heavy atom. The zero-order valence-electron chi connectivity index (χ0n) is 52.6. The molecule has 1 amide bonds. The van der Waals surface area contributed by atoms with E-state index in [4.69, 9.17) is 0 Å². The highest BCUT2D eigenvalue weighted by atomic mass is 16.3. The third kappa shape index (κ3) is 65.7. The lowest BCUT2D eigenvalue weighted by Crippen LogP contribution is -2.45. The summed E-state index contributed by atoms with van der Waals surface area (Å²) in [5, 5.41) is 23.3. The van der Waals surface area contributed by atoms with Gasteiger partial charge < -0.3 is 15.5 Å². The van der Waals surface area contributed by atoms with Crippen molar-refractivity contribution in [2.24, 2.45) is 0 Å².